The zero-order valence-electron chi connectivity index (χ0n) is 8.14. The molecule has 0 aromatic heterocycles. The van der Waals surface area contributed by atoms with Gasteiger partial charge in [0.2, 0.25) is 0 Å². The topological polar surface area (TPSA) is 17.1 Å². The van der Waals surface area contributed by atoms with Crippen molar-refractivity contribution in [1.82, 2.24) is 0 Å². The molecule has 2 unspecified atom stereocenters. The number of carbonyl (C=O) groups is 1. The molecule has 1 nitrogen and oxygen atoms in total. The fourth-order valence-corrected chi connectivity index (χ4v) is 1.58. The summed E-state index contributed by atoms with van der Waals surface area (Å²) in [6.45, 7) is 0.767. The normalized spacial score (nSPS) is 15.1. The van der Waals surface area contributed by atoms with Crippen LogP contribution in [-0.2, 0) is 4.79 Å². The molecule has 0 saturated carbocycles. The highest BCUT2D eigenvalue weighted by Crippen LogP contribution is 2.16. The van der Waals surface area contributed by atoms with Gasteiger partial charge in [-0.3, -0.25) is 9.18 Å². The highest BCUT2D eigenvalue weighted by molar-refractivity contribution is 8.13. The van der Waals surface area contributed by atoms with Gasteiger partial charge in [-0.15, -0.1) is 0 Å². The maximum absolute atomic E-state index is 12.9. The molecule has 0 amide bonds. The summed E-state index contributed by atoms with van der Waals surface area (Å²) in [5, 5.41) is -0.101. The SMILES string of the molecule is CC(=O)SCCC(F)C(F)CCCF. The molecular formula is C9H15F3OS. The van der Waals surface area contributed by atoms with Crippen molar-refractivity contribution in [1.29, 1.82) is 0 Å². The van der Waals surface area contributed by atoms with Gasteiger partial charge in [-0.25, -0.2) is 8.78 Å². The molecule has 0 spiro atoms. The summed E-state index contributed by atoms with van der Waals surface area (Å²) in [5.41, 5.74) is 0. The molecule has 0 aromatic rings. The largest absolute Gasteiger partial charge is 0.288 e. The Morgan fingerprint density at radius 2 is 1.86 bits per heavy atom. The summed E-state index contributed by atoms with van der Waals surface area (Å²) in [6.07, 6.45) is -3.19. The molecule has 0 N–H and O–H groups in total. The van der Waals surface area contributed by atoms with E-state index >= 15 is 0 Å². The molecule has 0 aromatic carbocycles. The minimum absolute atomic E-state index is 0.0116. The Labute approximate surface area is 86.4 Å². The Kier molecular flexibility index (Phi) is 8.04. The van der Waals surface area contributed by atoms with Crippen molar-refractivity contribution >= 4 is 16.9 Å². The number of thioether (sulfide) groups is 1. The lowest BCUT2D eigenvalue weighted by atomic mass is 10.1. The van der Waals surface area contributed by atoms with Crippen LogP contribution in [-0.4, -0.2) is 29.9 Å². The summed E-state index contributed by atoms with van der Waals surface area (Å²) in [5.74, 6) is 0.284. The lowest BCUT2D eigenvalue weighted by molar-refractivity contribution is -0.109. The van der Waals surface area contributed by atoms with Crippen LogP contribution < -0.4 is 0 Å². The van der Waals surface area contributed by atoms with Crippen LogP contribution in [0.1, 0.15) is 26.2 Å². The van der Waals surface area contributed by atoms with E-state index in [1.165, 1.54) is 6.92 Å². The Hall–Kier alpha value is -0.190. The number of carbonyl (C=O) groups excluding carboxylic acids is 1. The summed E-state index contributed by atoms with van der Waals surface area (Å²) in [4.78, 5) is 10.5. The van der Waals surface area contributed by atoms with Gasteiger partial charge < -0.3 is 0 Å². The van der Waals surface area contributed by atoms with Crippen LogP contribution in [0.3, 0.4) is 0 Å². The van der Waals surface area contributed by atoms with E-state index in [0.717, 1.165) is 11.8 Å². The molecule has 84 valence electrons. The fraction of sp³-hybridized carbons (Fsp3) is 0.889. The van der Waals surface area contributed by atoms with Crippen LogP contribution in [0, 0.1) is 0 Å². The standard InChI is InChI=1S/C9H15F3OS/c1-7(13)14-6-4-9(12)8(11)3-2-5-10/h8-9H,2-6H2,1H3. The maximum atomic E-state index is 12.9. The smallest absolute Gasteiger partial charge is 0.185 e. The zero-order chi connectivity index (χ0) is 11.0. The summed E-state index contributed by atoms with van der Waals surface area (Å²) in [7, 11) is 0. The second-order valence-electron chi connectivity index (χ2n) is 2.99. The molecule has 0 saturated heterocycles. The van der Waals surface area contributed by atoms with Gasteiger partial charge in [-0.2, -0.15) is 0 Å². The van der Waals surface area contributed by atoms with E-state index in [1.54, 1.807) is 0 Å². The van der Waals surface area contributed by atoms with E-state index in [2.05, 4.69) is 0 Å². The lowest BCUT2D eigenvalue weighted by Gasteiger charge is -2.11. The van der Waals surface area contributed by atoms with E-state index < -0.39 is 19.0 Å². The molecule has 2 atom stereocenters. The third-order valence-electron chi connectivity index (χ3n) is 1.70. The molecule has 0 fully saturated rings. The monoisotopic (exact) mass is 228 g/mol. The highest BCUT2D eigenvalue weighted by Gasteiger charge is 2.19. The van der Waals surface area contributed by atoms with E-state index in [-0.39, 0.29) is 30.1 Å². The Morgan fingerprint density at radius 1 is 1.29 bits per heavy atom. The maximum Gasteiger partial charge on any atom is 0.185 e. The predicted octanol–water partition coefficient (Wildman–Crippen LogP) is 3.08. The van der Waals surface area contributed by atoms with Crippen molar-refractivity contribution < 1.29 is 18.0 Å². The Bertz CT molecular complexity index is 166. The van der Waals surface area contributed by atoms with Gasteiger partial charge in [0.25, 0.3) is 0 Å². The zero-order valence-corrected chi connectivity index (χ0v) is 8.96. The van der Waals surface area contributed by atoms with Crippen LogP contribution in [0.5, 0.6) is 0 Å². The molecule has 0 aliphatic rings. The van der Waals surface area contributed by atoms with Crippen molar-refractivity contribution in [2.24, 2.45) is 0 Å². The van der Waals surface area contributed by atoms with Crippen LogP contribution in [0.2, 0.25) is 0 Å². The third-order valence-corrected chi connectivity index (χ3v) is 2.55. The second kappa shape index (κ2) is 8.15. The predicted molar refractivity (Wildman–Crippen MR) is 52.8 cm³/mol. The Morgan fingerprint density at radius 3 is 2.36 bits per heavy atom. The second-order valence-corrected chi connectivity index (χ2v) is 4.26. The minimum atomic E-state index is -1.60. The van der Waals surface area contributed by atoms with Crippen LogP contribution in [0.25, 0.3) is 0 Å². The lowest BCUT2D eigenvalue weighted by Crippen LogP contribution is -2.18. The molecule has 0 heterocycles. The fourth-order valence-electron chi connectivity index (χ4n) is 0.949. The average Bonchev–Trinajstić information content (AvgIpc) is 2.13. The van der Waals surface area contributed by atoms with Crippen molar-refractivity contribution in [3.05, 3.63) is 0 Å². The van der Waals surface area contributed by atoms with Gasteiger partial charge in [-0.05, 0) is 19.3 Å². The van der Waals surface area contributed by atoms with Gasteiger partial charge in [0, 0.05) is 12.7 Å². The number of hydrogen-bond acceptors (Lipinski definition) is 2. The molecular weight excluding hydrogens is 213 g/mol. The summed E-state index contributed by atoms with van der Waals surface area (Å²) >= 11 is 0.981. The summed E-state index contributed by atoms with van der Waals surface area (Å²) in [6, 6.07) is 0. The highest BCUT2D eigenvalue weighted by atomic mass is 32.2. The first kappa shape index (κ1) is 13.8. The quantitative estimate of drug-likeness (QED) is 0.666. The van der Waals surface area contributed by atoms with Crippen molar-refractivity contribution in [2.45, 2.75) is 38.5 Å². The molecule has 0 bridgehead atoms. The van der Waals surface area contributed by atoms with Crippen molar-refractivity contribution in [3.63, 3.8) is 0 Å². The van der Waals surface area contributed by atoms with Crippen molar-refractivity contribution in [3.8, 4) is 0 Å². The third kappa shape index (κ3) is 7.24. The molecule has 0 radical (unpaired) electrons. The van der Waals surface area contributed by atoms with Crippen LogP contribution in [0.15, 0.2) is 0 Å². The number of rotatable bonds is 7. The van der Waals surface area contributed by atoms with Crippen LogP contribution >= 0.6 is 11.8 Å². The molecule has 0 rings (SSSR count). The first-order valence-electron chi connectivity index (χ1n) is 4.55. The average molecular weight is 228 g/mol. The molecule has 0 aliphatic carbocycles. The van der Waals surface area contributed by atoms with Gasteiger partial charge in [0.1, 0.15) is 12.3 Å². The van der Waals surface area contributed by atoms with Crippen molar-refractivity contribution in [2.75, 3.05) is 12.4 Å². The van der Waals surface area contributed by atoms with Gasteiger partial charge in [0.05, 0.1) is 6.67 Å². The van der Waals surface area contributed by atoms with Gasteiger partial charge in [-0.1, -0.05) is 11.8 Å². The molecule has 5 heteroatoms. The number of halogens is 3. The van der Waals surface area contributed by atoms with E-state index in [9.17, 15) is 18.0 Å². The first-order valence-corrected chi connectivity index (χ1v) is 5.54. The van der Waals surface area contributed by atoms with Gasteiger partial charge >= 0.3 is 0 Å². The van der Waals surface area contributed by atoms with E-state index in [0.29, 0.717) is 0 Å². The van der Waals surface area contributed by atoms with E-state index in [4.69, 9.17) is 0 Å². The van der Waals surface area contributed by atoms with Gasteiger partial charge in [0.15, 0.2) is 5.12 Å². The summed E-state index contributed by atoms with van der Waals surface area (Å²) < 4.78 is 37.5. The number of alkyl halides is 3. The Balaban J connectivity index is 3.50. The first-order chi connectivity index (χ1) is 6.57. The van der Waals surface area contributed by atoms with E-state index in [1.807, 2.05) is 0 Å². The molecule has 14 heavy (non-hydrogen) atoms. The van der Waals surface area contributed by atoms with Crippen LogP contribution in [0.4, 0.5) is 13.2 Å². The number of hydrogen-bond donors (Lipinski definition) is 0. The minimum Gasteiger partial charge on any atom is -0.288 e. The molecule has 0 aliphatic heterocycles.